The largest absolute Gasteiger partial charge is 0.407 e. The summed E-state index contributed by atoms with van der Waals surface area (Å²) >= 11 is 0. The van der Waals surface area contributed by atoms with Gasteiger partial charge in [0, 0.05) is 6.26 Å². The van der Waals surface area contributed by atoms with E-state index in [0.717, 1.165) is 6.26 Å². The SMILES string of the molecule is CCC[C@H](N[C@H](c1ccc(-c2ccc(S(C)(=O)=O)cc2)cc1)C(F)(F)F)C(=O)NCC#N. The maximum atomic E-state index is 13.8. The van der Waals surface area contributed by atoms with Crippen molar-refractivity contribution in [3.05, 3.63) is 54.1 Å². The molecule has 0 spiro atoms. The Bertz CT molecular complexity index is 1060. The van der Waals surface area contributed by atoms with Gasteiger partial charge >= 0.3 is 6.18 Å². The van der Waals surface area contributed by atoms with Crippen LogP contribution in [0, 0.1) is 11.3 Å². The molecule has 2 aromatic rings. The number of hydrogen-bond acceptors (Lipinski definition) is 5. The third kappa shape index (κ3) is 6.80. The van der Waals surface area contributed by atoms with Crippen molar-refractivity contribution >= 4 is 15.7 Å². The molecule has 0 saturated carbocycles. The number of alkyl halides is 3. The predicted octanol–water partition coefficient (Wildman–Crippen LogP) is 3.76. The molecular weight excluding hydrogens is 443 g/mol. The van der Waals surface area contributed by atoms with Crippen LogP contribution in [0.5, 0.6) is 0 Å². The van der Waals surface area contributed by atoms with Crippen LogP contribution in [-0.4, -0.2) is 39.3 Å². The third-order valence-electron chi connectivity index (χ3n) is 4.79. The lowest BCUT2D eigenvalue weighted by atomic mass is 9.99. The summed E-state index contributed by atoms with van der Waals surface area (Å²) in [6, 6.07) is 10.3. The van der Waals surface area contributed by atoms with Gasteiger partial charge < -0.3 is 5.32 Å². The van der Waals surface area contributed by atoms with Crippen molar-refractivity contribution in [2.24, 2.45) is 0 Å². The molecule has 0 aliphatic rings. The van der Waals surface area contributed by atoms with Crippen LogP contribution < -0.4 is 10.6 Å². The number of rotatable bonds is 9. The number of carbonyl (C=O) groups is 1. The van der Waals surface area contributed by atoms with Gasteiger partial charge in [0.1, 0.15) is 12.6 Å². The molecule has 0 bridgehead atoms. The highest BCUT2D eigenvalue weighted by atomic mass is 32.2. The molecule has 2 atom stereocenters. The lowest BCUT2D eigenvalue weighted by Crippen LogP contribution is -2.49. The van der Waals surface area contributed by atoms with Gasteiger partial charge in [-0.15, -0.1) is 0 Å². The normalized spacial score (nSPS) is 13.8. The van der Waals surface area contributed by atoms with Crippen molar-refractivity contribution in [1.29, 1.82) is 5.26 Å². The van der Waals surface area contributed by atoms with Crippen LogP contribution >= 0.6 is 0 Å². The number of carbonyl (C=O) groups excluding carboxylic acids is 1. The second-order valence-electron chi connectivity index (χ2n) is 7.28. The second-order valence-corrected chi connectivity index (χ2v) is 9.29. The van der Waals surface area contributed by atoms with E-state index < -0.39 is 34.0 Å². The number of sulfone groups is 1. The summed E-state index contributed by atoms with van der Waals surface area (Å²) in [7, 11) is -3.35. The first-order chi connectivity index (χ1) is 15.0. The summed E-state index contributed by atoms with van der Waals surface area (Å²) in [4.78, 5) is 12.3. The Balaban J connectivity index is 2.28. The monoisotopic (exact) mass is 467 g/mol. The smallest absolute Gasteiger partial charge is 0.342 e. The van der Waals surface area contributed by atoms with E-state index in [0.29, 0.717) is 17.5 Å². The van der Waals surface area contributed by atoms with Gasteiger partial charge in [-0.3, -0.25) is 10.1 Å². The number of nitrogens with zero attached hydrogens (tertiary/aromatic N) is 1. The molecule has 0 radical (unpaired) electrons. The Labute approximate surface area is 185 Å². The Morgan fingerprint density at radius 2 is 1.59 bits per heavy atom. The molecule has 32 heavy (non-hydrogen) atoms. The molecule has 0 unspecified atom stereocenters. The molecule has 0 saturated heterocycles. The number of nitriles is 1. The third-order valence-corrected chi connectivity index (χ3v) is 5.92. The zero-order valence-corrected chi connectivity index (χ0v) is 18.4. The van der Waals surface area contributed by atoms with Gasteiger partial charge in [0.15, 0.2) is 9.84 Å². The minimum Gasteiger partial charge on any atom is -0.342 e. The summed E-state index contributed by atoms with van der Waals surface area (Å²) in [6.45, 7) is 1.46. The fourth-order valence-electron chi connectivity index (χ4n) is 3.17. The zero-order chi connectivity index (χ0) is 23.9. The van der Waals surface area contributed by atoms with Crippen LogP contribution in [0.2, 0.25) is 0 Å². The molecule has 2 rings (SSSR count). The van der Waals surface area contributed by atoms with Crippen molar-refractivity contribution in [3.63, 3.8) is 0 Å². The molecular formula is C22H24F3N3O3S. The fourth-order valence-corrected chi connectivity index (χ4v) is 3.80. The van der Waals surface area contributed by atoms with E-state index >= 15 is 0 Å². The summed E-state index contributed by atoms with van der Waals surface area (Å²) in [5, 5.41) is 13.3. The maximum absolute atomic E-state index is 13.8. The molecule has 172 valence electrons. The molecule has 2 N–H and O–H groups in total. The summed E-state index contributed by atoms with van der Waals surface area (Å²) < 4.78 is 64.5. The van der Waals surface area contributed by atoms with Gasteiger partial charge in [0.25, 0.3) is 0 Å². The summed E-state index contributed by atoms with van der Waals surface area (Å²) in [5.74, 6) is -0.662. The Morgan fingerprint density at radius 1 is 1.06 bits per heavy atom. The highest BCUT2D eigenvalue weighted by Gasteiger charge is 2.42. The minimum atomic E-state index is -4.65. The molecule has 6 nitrogen and oxygen atoms in total. The first kappa shape index (κ1) is 25.4. The summed E-state index contributed by atoms with van der Waals surface area (Å²) in [6.07, 6.45) is -2.91. The quantitative estimate of drug-likeness (QED) is 0.547. The van der Waals surface area contributed by atoms with E-state index in [4.69, 9.17) is 5.26 Å². The van der Waals surface area contributed by atoms with Gasteiger partial charge in [0.2, 0.25) is 5.91 Å². The van der Waals surface area contributed by atoms with Gasteiger partial charge in [-0.25, -0.2) is 8.42 Å². The molecule has 1 amide bonds. The van der Waals surface area contributed by atoms with Crippen LogP contribution in [0.3, 0.4) is 0 Å². The van der Waals surface area contributed by atoms with Gasteiger partial charge in [-0.1, -0.05) is 49.7 Å². The van der Waals surface area contributed by atoms with E-state index in [1.807, 2.05) is 0 Å². The summed E-state index contributed by atoms with van der Waals surface area (Å²) in [5.41, 5.74) is 1.20. The first-order valence-corrected chi connectivity index (χ1v) is 11.7. The first-order valence-electron chi connectivity index (χ1n) is 9.85. The van der Waals surface area contributed by atoms with E-state index in [1.54, 1.807) is 25.1 Å². The number of benzene rings is 2. The second kappa shape index (κ2) is 10.6. The van der Waals surface area contributed by atoms with Crippen molar-refractivity contribution in [1.82, 2.24) is 10.6 Å². The standard InChI is InChI=1S/C22H24F3N3O3S/c1-3-4-19(21(29)27-14-13-26)28-20(22(23,24)25)17-7-5-15(6-8-17)16-9-11-18(12-10-16)32(2,30)31/h5-12,19-20,28H,3-4,14H2,1-2H3,(H,27,29)/t19-,20+/m0/s1. The Hall–Kier alpha value is -2.90. The average Bonchev–Trinajstić information content (AvgIpc) is 2.73. The van der Waals surface area contributed by atoms with E-state index in [9.17, 15) is 26.4 Å². The number of nitrogens with one attached hydrogen (secondary N) is 2. The Kier molecular flexibility index (Phi) is 8.41. The molecule has 10 heteroatoms. The van der Waals surface area contributed by atoms with Gasteiger partial charge in [0.05, 0.1) is 17.0 Å². The van der Waals surface area contributed by atoms with E-state index in [2.05, 4.69) is 10.6 Å². The predicted molar refractivity (Wildman–Crippen MR) is 114 cm³/mol. The lowest BCUT2D eigenvalue weighted by Gasteiger charge is -2.27. The zero-order valence-electron chi connectivity index (χ0n) is 17.6. The maximum Gasteiger partial charge on any atom is 0.407 e. The van der Waals surface area contributed by atoms with Gasteiger partial charge in [-0.2, -0.15) is 18.4 Å². The van der Waals surface area contributed by atoms with Crippen molar-refractivity contribution in [3.8, 4) is 17.2 Å². The minimum absolute atomic E-state index is 0.0665. The molecule has 0 aromatic heterocycles. The molecule has 0 aliphatic carbocycles. The molecule has 0 aliphatic heterocycles. The van der Waals surface area contributed by atoms with Crippen LogP contribution in [-0.2, 0) is 14.6 Å². The van der Waals surface area contributed by atoms with Crippen molar-refractivity contribution in [2.75, 3.05) is 12.8 Å². The highest BCUT2D eigenvalue weighted by Crippen LogP contribution is 2.34. The molecule has 0 heterocycles. The molecule has 2 aromatic carbocycles. The number of hydrogen-bond donors (Lipinski definition) is 2. The van der Waals surface area contributed by atoms with Crippen LogP contribution in [0.25, 0.3) is 11.1 Å². The van der Waals surface area contributed by atoms with Crippen LogP contribution in [0.4, 0.5) is 13.2 Å². The average molecular weight is 468 g/mol. The van der Waals surface area contributed by atoms with Crippen LogP contribution in [0.1, 0.15) is 31.4 Å². The van der Waals surface area contributed by atoms with E-state index in [1.165, 1.54) is 36.4 Å². The van der Waals surface area contributed by atoms with Crippen LogP contribution in [0.15, 0.2) is 53.4 Å². The van der Waals surface area contributed by atoms with Crippen molar-refractivity contribution < 1.29 is 26.4 Å². The number of amides is 1. The topological polar surface area (TPSA) is 99.1 Å². The molecule has 0 fully saturated rings. The van der Waals surface area contributed by atoms with Gasteiger partial charge in [-0.05, 0) is 35.2 Å². The highest BCUT2D eigenvalue weighted by molar-refractivity contribution is 7.90. The number of halogens is 3. The lowest BCUT2D eigenvalue weighted by molar-refractivity contribution is -0.161. The Morgan fingerprint density at radius 3 is 2.03 bits per heavy atom. The fraction of sp³-hybridized carbons (Fsp3) is 0.364. The van der Waals surface area contributed by atoms with Crippen molar-refractivity contribution in [2.45, 2.75) is 42.9 Å². The van der Waals surface area contributed by atoms with E-state index in [-0.39, 0.29) is 23.4 Å².